The normalized spacial score (nSPS) is 11.5. The molecule has 0 atom stereocenters. The largest absolute Gasteiger partial charge is 0.352 e. The molecule has 0 bridgehead atoms. The molecule has 2 rings (SSSR count). The smallest absolute Gasteiger partial charge is 0.191 e. The van der Waals surface area contributed by atoms with Crippen LogP contribution in [0.15, 0.2) is 39.9 Å². The van der Waals surface area contributed by atoms with Gasteiger partial charge in [-0.15, -0.1) is 0 Å². The van der Waals surface area contributed by atoms with Gasteiger partial charge in [-0.05, 0) is 29.8 Å². The number of nitrogens with zero attached hydrogens (tertiary/aromatic N) is 3. The van der Waals surface area contributed by atoms with Crippen molar-refractivity contribution in [2.24, 2.45) is 12.0 Å². The van der Waals surface area contributed by atoms with Crippen LogP contribution in [0.3, 0.4) is 0 Å². The third kappa shape index (κ3) is 4.56. The van der Waals surface area contributed by atoms with Crippen molar-refractivity contribution in [1.29, 1.82) is 0 Å². The van der Waals surface area contributed by atoms with E-state index < -0.39 is 0 Å². The highest BCUT2D eigenvalue weighted by atomic mass is 79.9. The average molecular weight is 354 g/mol. The van der Waals surface area contributed by atoms with Crippen LogP contribution in [0.5, 0.6) is 0 Å². The molecule has 0 spiro atoms. The molecule has 5 nitrogen and oxygen atoms in total. The van der Waals surface area contributed by atoms with Gasteiger partial charge in [0.05, 0.1) is 12.2 Å². The number of aliphatic imine (C=N–C) groups is 1. The molecule has 0 aliphatic heterocycles. The molecule has 0 unspecified atom stereocenters. The zero-order chi connectivity index (χ0) is 15.2. The van der Waals surface area contributed by atoms with Crippen LogP contribution in [0.1, 0.15) is 11.3 Å². The summed E-state index contributed by atoms with van der Waals surface area (Å²) in [7, 11) is 3.58. The van der Waals surface area contributed by atoms with Crippen LogP contribution in [-0.2, 0) is 20.1 Å². The maximum atomic E-state index is 13.3. The van der Waals surface area contributed by atoms with Gasteiger partial charge in [0.25, 0.3) is 0 Å². The van der Waals surface area contributed by atoms with Gasteiger partial charge in [-0.1, -0.05) is 15.9 Å². The topological polar surface area (TPSA) is 54.2 Å². The van der Waals surface area contributed by atoms with Crippen molar-refractivity contribution in [3.05, 3.63) is 52.0 Å². The second kappa shape index (κ2) is 7.21. The number of aryl methyl sites for hydroxylation is 1. The molecule has 0 saturated carbocycles. The van der Waals surface area contributed by atoms with Crippen molar-refractivity contribution in [3.8, 4) is 0 Å². The van der Waals surface area contributed by atoms with Crippen LogP contribution in [0, 0.1) is 5.82 Å². The summed E-state index contributed by atoms with van der Waals surface area (Å²) in [6.07, 6.45) is 1.75. The predicted octanol–water partition coefficient (Wildman–Crippen LogP) is 2.19. The SMILES string of the molecule is CN=C(NCc1cc(F)cc(Br)c1)NCc1ccnn1C. The number of halogens is 2. The zero-order valence-electron chi connectivity index (χ0n) is 11.9. The van der Waals surface area contributed by atoms with Crippen LogP contribution in [-0.4, -0.2) is 22.8 Å². The first-order valence-corrected chi connectivity index (χ1v) is 7.24. The minimum absolute atomic E-state index is 0.265. The first kappa shape index (κ1) is 15.5. The van der Waals surface area contributed by atoms with E-state index >= 15 is 0 Å². The molecule has 0 aliphatic rings. The van der Waals surface area contributed by atoms with Gasteiger partial charge >= 0.3 is 0 Å². The predicted molar refractivity (Wildman–Crippen MR) is 84.3 cm³/mol. The third-order valence-electron chi connectivity index (χ3n) is 2.97. The van der Waals surface area contributed by atoms with E-state index in [1.807, 2.05) is 19.2 Å². The Morgan fingerprint density at radius 3 is 2.71 bits per heavy atom. The minimum Gasteiger partial charge on any atom is -0.352 e. The highest BCUT2D eigenvalue weighted by Crippen LogP contribution is 2.14. The summed E-state index contributed by atoms with van der Waals surface area (Å²) in [6.45, 7) is 1.10. The molecule has 21 heavy (non-hydrogen) atoms. The molecule has 0 aliphatic carbocycles. The second-order valence-corrected chi connectivity index (χ2v) is 5.42. The quantitative estimate of drug-likeness (QED) is 0.654. The Morgan fingerprint density at radius 1 is 1.33 bits per heavy atom. The summed E-state index contributed by atoms with van der Waals surface area (Å²) in [5, 5.41) is 10.4. The number of aromatic nitrogens is 2. The van der Waals surface area contributed by atoms with E-state index in [-0.39, 0.29) is 5.82 Å². The molecule has 2 N–H and O–H groups in total. The molecule has 0 fully saturated rings. The number of hydrogen-bond acceptors (Lipinski definition) is 2. The first-order chi connectivity index (χ1) is 10.1. The summed E-state index contributed by atoms with van der Waals surface area (Å²) >= 11 is 3.28. The van der Waals surface area contributed by atoms with Gasteiger partial charge in [0, 0.05) is 31.3 Å². The Bertz CT molecular complexity index is 618. The van der Waals surface area contributed by atoms with Gasteiger partial charge < -0.3 is 10.6 Å². The molecule has 7 heteroatoms. The lowest BCUT2D eigenvalue weighted by Gasteiger charge is -2.12. The van der Waals surface area contributed by atoms with E-state index in [2.05, 4.69) is 36.7 Å². The standard InChI is InChI=1S/C14H17BrFN5/c1-17-14(19-9-13-3-4-20-21(13)2)18-8-10-5-11(15)7-12(16)6-10/h3-7H,8-9H2,1-2H3,(H2,17,18,19). The summed E-state index contributed by atoms with van der Waals surface area (Å²) in [5.74, 6) is 0.385. The molecule has 1 aromatic heterocycles. The first-order valence-electron chi connectivity index (χ1n) is 6.45. The summed E-state index contributed by atoms with van der Waals surface area (Å²) in [6, 6.07) is 6.72. The molecular weight excluding hydrogens is 337 g/mol. The Kier molecular flexibility index (Phi) is 5.32. The fraction of sp³-hybridized carbons (Fsp3) is 0.286. The molecule has 0 amide bonds. The molecule has 0 saturated heterocycles. The van der Waals surface area contributed by atoms with E-state index in [0.717, 1.165) is 15.7 Å². The Hall–Kier alpha value is -1.89. The van der Waals surface area contributed by atoms with Crippen LogP contribution in [0.4, 0.5) is 4.39 Å². The van der Waals surface area contributed by atoms with Crippen molar-refractivity contribution in [2.45, 2.75) is 13.1 Å². The van der Waals surface area contributed by atoms with Gasteiger partial charge in [-0.25, -0.2) is 4.39 Å². The lowest BCUT2D eigenvalue weighted by atomic mass is 10.2. The van der Waals surface area contributed by atoms with E-state index in [1.54, 1.807) is 17.9 Å². The van der Waals surface area contributed by atoms with Gasteiger partial charge in [-0.3, -0.25) is 9.67 Å². The van der Waals surface area contributed by atoms with Gasteiger partial charge in [0.1, 0.15) is 5.82 Å². The Labute approximate surface area is 131 Å². The van der Waals surface area contributed by atoms with Crippen molar-refractivity contribution in [3.63, 3.8) is 0 Å². The average Bonchev–Trinajstić information content (AvgIpc) is 2.83. The molecular formula is C14H17BrFN5. The Balaban J connectivity index is 1.89. The number of benzene rings is 1. The van der Waals surface area contributed by atoms with Crippen LogP contribution in [0.25, 0.3) is 0 Å². The molecule has 0 radical (unpaired) electrons. The number of rotatable bonds is 4. The van der Waals surface area contributed by atoms with Crippen molar-refractivity contribution < 1.29 is 4.39 Å². The van der Waals surface area contributed by atoms with Crippen molar-refractivity contribution in [2.75, 3.05) is 7.05 Å². The highest BCUT2D eigenvalue weighted by Gasteiger charge is 2.03. The van der Waals surface area contributed by atoms with Gasteiger partial charge in [-0.2, -0.15) is 5.10 Å². The van der Waals surface area contributed by atoms with E-state index in [1.165, 1.54) is 12.1 Å². The third-order valence-corrected chi connectivity index (χ3v) is 3.42. The van der Waals surface area contributed by atoms with Crippen LogP contribution >= 0.6 is 15.9 Å². The fourth-order valence-electron chi connectivity index (χ4n) is 1.87. The lowest BCUT2D eigenvalue weighted by molar-refractivity contribution is 0.623. The second-order valence-electron chi connectivity index (χ2n) is 4.50. The molecule has 1 heterocycles. The minimum atomic E-state index is -0.265. The number of guanidine groups is 1. The monoisotopic (exact) mass is 353 g/mol. The van der Waals surface area contributed by atoms with E-state index in [0.29, 0.717) is 19.0 Å². The van der Waals surface area contributed by atoms with Gasteiger partial charge in [0.15, 0.2) is 5.96 Å². The summed E-state index contributed by atoms with van der Waals surface area (Å²) in [5.41, 5.74) is 1.89. The van der Waals surface area contributed by atoms with Crippen LogP contribution < -0.4 is 10.6 Å². The number of hydrogen-bond donors (Lipinski definition) is 2. The van der Waals surface area contributed by atoms with Crippen molar-refractivity contribution >= 4 is 21.9 Å². The molecule has 112 valence electrons. The molecule has 2 aromatic rings. The zero-order valence-corrected chi connectivity index (χ0v) is 13.5. The summed E-state index contributed by atoms with van der Waals surface area (Å²) in [4.78, 5) is 4.14. The lowest BCUT2D eigenvalue weighted by Crippen LogP contribution is -2.36. The fourth-order valence-corrected chi connectivity index (χ4v) is 2.38. The maximum absolute atomic E-state index is 13.3. The van der Waals surface area contributed by atoms with Gasteiger partial charge in [0.2, 0.25) is 0 Å². The van der Waals surface area contributed by atoms with Crippen molar-refractivity contribution in [1.82, 2.24) is 20.4 Å². The van der Waals surface area contributed by atoms with Crippen LogP contribution in [0.2, 0.25) is 0 Å². The number of nitrogens with one attached hydrogen (secondary N) is 2. The van der Waals surface area contributed by atoms with E-state index in [9.17, 15) is 4.39 Å². The molecule has 1 aromatic carbocycles. The van der Waals surface area contributed by atoms with E-state index in [4.69, 9.17) is 0 Å². The maximum Gasteiger partial charge on any atom is 0.191 e. The Morgan fingerprint density at radius 2 is 2.10 bits per heavy atom. The highest BCUT2D eigenvalue weighted by molar-refractivity contribution is 9.10. The summed E-state index contributed by atoms with van der Waals surface area (Å²) < 4.78 is 15.8.